The topological polar surface area (TPSA) is 86.2 Å². The standard InChI is InChI=1S/C23H18BrFN2O5/c1-30-19-7-2-15(3-8-19)23(29)32-21-11-4-17(24)12-16(21)13-26-27-22(28)14-31-20-9-5-18(25)6-10-20/h2-13H,14H2,1H3,(H,27,28)/b26-13-. The van der Waals surface area contributed by atoms with Gasteiger partial charge in [-0.2, -0.15) is 5.10 Å². The fourth-order valence-corrected chi connectivity index (χ4v) is 2.86. The highest BCUT2D eigenvalue weighted by Crippen LogP contribution is 2.23. The summed E-state index contributed by atoms with van der Waals surface area (Å²) in [6.45, 7) is -0.305. The summed E-state index contributed by atoms with van der Waals surface area (Å²) >= 11 is 3.35. The van der Waals surface area contributed by atoms with Crippen LogP contribution in [0.15, 0.2) is 76.3 Å². The molecule has 3 aromatic rings. The molecule has 0 unspecified atom stereocenters. The van der Waals surface area contributed by atoms with Crippen LogP contribution in [0.1, 0.15) is 15.9 Å². The van der Waals surface area contributed by atoms with Gasteiger partial charge in [-0.25, -0.2) is 14.6 Å². The van der Waals surface area contributed by atoms with E-state index in [2.05, 4.69) is 26.5 Å². The Bertz CT molecular complexity index is 1120. The third kappa shape index (κ3) is 6.64. The summed E-state index contributed by atoms with van der Waals surface area (Å²) in [5, 5.41) is 3.88. The van der Waals surface area contributed by atoms with Gasteiger partial charge < -0.3 is 14.2 Å². The van der Waals surface area contributed by atoms with E-state index in [9.17, 15) is 14.0 Å². The van der Waals surface area contributed by atoms with Crippen molar-refractivity contribution in [1.29, 1.82) is 0 Å². The number of hydrogen-bond donors (Lipinski definition) is 1. The number of hydrogen-bond acceptors (Lipinski definition) is 6. The maximum absolute atomic E-state index is 12.9. The molecule has 0 aliphatic heterocycles. The molecule has 1 N–H and O–H groups in total. The molecule has 0 atom stereocenters. The van der Waals surface area contributed by atoms with Crippen molar-refractivity contribution in [3.05, 3.63) is 88.1 Å². The number of esters is 1. The minimum atomic E-state index is -0.554. The van der Waals surface area contributed by atoms with Crippen LogP contribution in [0.2, 0.25) is 0 Å². The Morgan fingerprint density at radius 3 is 2.41 bits per heavy atom. The molecule has 9 heteroatoms. The summed E-state index contributed by atoms with van der Waals surface area (Å²) in [6, 6.07) is 16.8. The Labute approximate surface area is 191 Å². The maximum Gasteiger partial charge on any atom is 0.343 e. The van der Waals surface area contributed by atoms with Crippen molar-refractivity contribution in [1.82, 2.24) is 5.43 Å². The van der Waals surface area contributed by atoms with E-state index < -0.39 is 17.7 Å². The quantitative estimate of drug-likeness (QED) is 0.215. The molecule has 0 spiro atoms. The van der Waals surface area contributed by atoms with Crippen LogP contribution in [-0.2, 0) is 4.79 Å². The van der Waals surface area contributed by atoms with E-state index in [1.807, 2.05) is 0 Å². The molecule has 1 amide bonds. The first-order valence-corrected chi connectivity index (χ1v) is 10.1. The van der Waals surface area contributed by atoms with E-state index in [1.54, 1.807) is 42.5 Å². The van der Waals surface area contributed by atoms with E-state index in [0.717, 1.165) is 4.47 Å². The zero-order valence-electron chi connectivity index (χ0n) is 16.9. The van der Waals surface area contributed by atoms with Crippen molar-refractivity contribution in [2.45, 2.75) is 0 Å². The average molecular weight is 501 g/mol. The monoisotopic (exact) mass is 500 g/mol. The molecule has 164 valence electrons. The number of hydrazone groups is 1. The van der Waals surface area contributed by atoms with Crippen LogP contribution in [0.25, 0.3) is 0 Å². The Morgan fingerprint density at radius 1 is 1.03 bits per heavy atom. The molecule has 7 nitrogen and oxygen atoms in total. The highest BCUT2D eigenvalue weighted by molar-refractivity contribution is 9.10. The fraction of sp³-hybridized carbons (Fsp3) is 0.0870. The van der Waals surface area contributed by atoms with E-state index in [0.29, 0.717) is 22.6 Å². The number of methoxy groups -OCH3 is 1. The van der Waals surface area contributed by atoms with Gasteiger partial charge >= 0.3 is 5.97 Å². The van der Waals surface area contributed by atoms with E-state index in [4.69, 9.17) is 14.2 Å². The number of carbonyl (C=O) groups is 2. The van der Waals surface area contributed by atoms with Gasteiger partial charge in [0.15, 0.2) is 6.61 Å². The van der Waals surface area contributed by atoms with Crippen LogP contribution >= 0.6 is 15.9 Å². The van der Waals surface area contributed by atoms with Crippen molar-refractivity contribution < 1.29 is 28.2 Å². The Hall–Kier alpha value is -3.72. The van der Waals surface area contributed by atoms with Gasteiger partial charge in [-0.05, 0) is 66.7 Å². The molecular formula is C23H18BrFN2O5. The van der Waals surface area contributed by atoms with E-state index >= 15 is 0 Å². The van der Waals surface area contributed by atoms with Gasteiger partial charge in [-0.1, -0.05) is 15.9 Å². The van der Waals surface area contributed by atoms with Crippen LogP contribution in [0.3, 0.4) is 0 Å². The second kappa shape index (κ2) is 11.1. The molecule has 3 aromatic carbocycles. The van der Waals surface area contributed by atoms with Gasteiger partial charge in [0.25, 0.3) is 5.91 Å². The van der Waals surface area contributed by atoms with Gasteiger partial charge in [0, 0.05) is 10.0 Å². The van der Waals surface area contributed by atoms with Crippen molar-refractivity contribution in [2.75, 3.05) is 13.7 Å². The molecule has 0 radical (unpaired) electrons. The number of nitrogens with zero attached hydrogens (tertiary/aromatic N) is 1. The molecule has 32 heavy (non-hydrogen) atoms. The largest absolute Gasteiger partial charge is 0.497 e. The predicted molar refractivity (Wildman–Crippen MR) is 120 cm³/mol. The van der Waals surface area contributed by atoms with Crippen LogP contribution in [-0.4, -0.2) is 31.8 Å². The zero-order valence-corrected chi connectivity index (χ0v) is 18.5. The number of rotatable bonds is 8. The normalized spacial score (nSPS) is 10.6. The van der Waals surface area contributed by atoms with Crippen LogP contribution in [0.5, 0.6) is 17.2 Å². The van der Waals surface area contributed by atoms with Gasteiger partial charge in [-0.3, -0.25) is 4.79 Å². The fourth-order valence-electron chi connectivity index (χ4n) is 2.48. The third-order valence-corrected chi connectivity index (χ3v) is 4.57. The Morgan fingerprint density at radius 2 is 1.72 bits per heavy atom. The lowest BCUT2D eigenvalue weighted by Gasteiger charge is -2.09. The molecule has 0 aliphatic rings. The van der Waals surface area contributed by atoms with E-state index in [-0.39, 0.29) is 12.4 Å². The second-order valence-corrected chi connectivity index (χ2v) is 7.25. The molecule has 3 rings (SSSR count). The molecule has 0 bridgehead atoms. The first kappa shape index (κ1) is 23.0. The van der Waals surface area contributed by atoms with E-state index in [1.165, 1.54) is 37.6 Å². The van der Waals surface area contributed by atoms with Crippen molar-refractivity contribution >= 4 is 34.0 Å². The summed E-state index contributed by atoms with van der Waals surface area (Å²) in [6.07, 6.45) is 1.34. The molecule has 0 saturated carbocycles. The van der Waals surface area contributed by atoms with Gasteiger partial charge in [-0.15, -0.1) is 0 Å². The predicted octanol–water partition coefficient (Wildman–Crippen LogP) is 4.35. The van der Waals surface area contributed by atoms with Crippen molar-refractivity contribution in [2.24, 2.45) is 5.10 Å². The highest BCUT2D eigenvalue weighted by Gasteiger charge is 2.12. The number of benzene rings is 3. The Kier molecular flexibility index (Phi) is 7.93. The number of halogens is 2. The lowest BCUT2D eigenvalue weighted by Crippen LogP contribution is -2.24. The van der Waals surface area contributed by atoms with Crippen molar-refractivity contribution in [3.8, 4) is 17.2 Å². The lowest BCUT2D eigenvalue weighted by molar-refractivity contribution is -0.123. The van der Waals surface area contributed by atoms with Crippen LogP contribution < -0.4 is 19.6 Å². The summed E-state index contributed by atoms with van der Waals surface area (Å²) in [4.78, 5) is 24.4. The number of ether oxygens (including phenoxy) is 3. The number of nitrogens with one attached hydrogen (secondary N) is 1. The van der Waals surface area contributed by atoms with Crippen LogP contribution in [0, 0.1) is 5.82 Å². The highest BCUT2D eigenvalue weighted by atomic mass is 79.9. The number of amides is 1. The maximum atomic E-state index is 12.9. The minimum absolute atomic E-state index is 0.259. The van der Waals surface area contributed by atoms with Gasteiger partial charge in [0.1, 0.15) is 23.1 Å². The summed E-state index contributed by atoms with van der Waals surface area (Å²) < 4.78 is 29.4. The summed E-state index contributed by atoms with van der Waals surface area (Å²) in [7, 11) is 1.54. The molecule has 0 aromatic heterocycles. The third-order valence-electron chi connectivity index (χ3n) is 4.08. The lowest BCUT2D eigenvalue weighted by atomic mass is 10.2. The van der Waals surface area contributed by atoms with Crippen molar-refractivity contribution in [3.63, 3.8) is 0 Å². The summed E-state index contributed by atoms with van der Waals surface area (Å²) in [5.74, 6) is -0.236. The smallest absolute Gasteiger partial charge is 0.343 e. The first-order chi connectivity index (χ1) is 15.4. The average Bonchev–Trinajstić information content (AvgIpc) is 2.80. The molecule has 0 saturated heterocycles. The molecule has 0 heterocycles. The second-order valence-electron chi connectivity index (χ2n) is 6.34. The SMILES string of the molecule is COc1ccc(C(=O)Oc2ccc(Br)cc2/C=N\NC(=O)COc2ccc(F)cc2)cc1. The Balaban J connectivity index is 1.61. The minimum Gasteiger partial charge on any atom is -0.497 e. The first-order valence-electron chi connectivity index (χ1n) is 9.30. The zero-order chi connectivity index (χ0) is 22.9. The summed E-state index contributed by atoms with van der Waals surface area (Å²) in [5.41, 5.74) is 3.13. The van der Waals surface area contributed by atoms with Crippen LogP contribution in [0.4, 0.5) is 4.39 Å². The van der Waals surface area contributed by atoms with Gasteiger partial charge in [0.05, 0.1) is 18.9 Å². The molecular weight excluding hydrogens is 483 g/mol. The molecule has 0 aliphatic carbocycles. The van der Waals surface area contributed by atoms with Gasteiger partial charge in [0.2, 0.25) is 0 Å². The number of carbonyl (C=O) groups excluding carboxylic acids is 2. The molecule has 0 fully saturated rings.